The van der Waals surface area contributed by atoms with E-state index in [1.807, 2.05) is 13.8 Å². The largest absolute Gasteiger partial charge is 0.396 e. The minimum atomic E-state index is -3.30. The highest BCUT2D eigenvalue weighted by Gasteiger charge is 2.13. The topological polar surface area (TPSA) is 81.4 Å². The van der Waals surface area contributed by atoms with Crippen LogP contribution >= 0.6 is 0 Å². The van der Waals surface area contributed by atoms with Gasteiger partial charge in [0.2, 0.25) is 0 Å². The second-order valence-corrected chi connectivity index (χ2v) is 6.32. The van der Waals surface area contributed by atoms with E-state index >= 15 is 0 Å². The molecule has 5 nitrogen and oxygen atoms in total. The maximum absolute atomic E-state index is 11.5. The minimum Gasteiger partial charge on any atom is -0.396 e. The molecule has 0 amide bonds. The maximum Gasteiger partial charge on any atom is 0.177 e. The van der Waals surface area contributed by atoms with Gasteiger partial charge in [0, 0.05) is 12.8 Å². The average molecular weight is 272 g/mol. The molecule has 18 heavy (non-hydrogen) atoms. The number of hydrogen-bond acceptors (Lipinski definition) is 5. The summed E-state index contributed by atoms with van der Waals surface area (Å²) in [6.07, 6.45) is 1.32. The van der Waals surface area contributed by atoms with Crippen LogP contribution in [-0.2, 0) is 14.6 Å². The zero-order valence-electron chi connectivity index (χ0n) is 10.9. The number of anilines is 2. The third kappa shape index (κ3) is 4.19. The van der Waals surface area contributed by atoms with Crippen molar-refractivity contribution in [3.05, 3.63) is 18.2 Å². The van der Waals surface area contributed by atoms with Gasteiger partial charge in [-0.15, -0.1) is 0 Å². The Labute approximate surface area is 108 Å². The molecule has 0 fully saturated rings. The number of hydrogen-bond donors (Lipinski definition) is 2. The number of rotatable bonds is 6. The summed E-state index contributed by atoms with van der Waals surface area (Å²) in [5.41, 5.74) is 6.70. The maximum atomic E-state index is 11.5. The van der Waals surface area contributed by atoms with E-state index in [1.54, 1.807) is 12.1 Å². The zero-order valence-corrected chi connectivity index (χ0v) is 11.8. The summed E-state index contributed by atoms with van der Waals surface area (Å²) < 4.78 is 28.4. The van der Waals surface area contributed by atoms with Crippen LogP contribution < -0.4 is 11.1 Å². The number of benzene rings is 1. The molecule has 1 aromatic carbocycles. The second kappa shape index (κ2) is 6.06. The number of nitrogens with one attached hydrogen (secondary N) is 1. The monoisotopic (exact) mass is 272 g/mol. The Balaban J connectivity index is 2.73. The minimum absolute atomic E-state index is 0.150. The highest BCUT2D eigenvalue weighted by Crippen LogP contribution is 2.26. The normalized spacial score (nSPS) is 11.8. The Morgan fingerprint density at radius 2 is 2.06 bits per heavy atom. The van der Waals surface area contributed by atoms with Crippen molar-refractivity contribution >= 4 is 21.2 Å². The molecule has 0 aliphatic rings. The third-order valence-electron chi connectivity index (χ3n) is 2.33. The van der Waals surface area contributed by atoms with E-state index in [0.29, 0.717) is 18.8 Å². The summed E-state index contributed by atoms with van der Waals surface area (Å²) in [5.74, 6) is 0. The molecule has 102 valence electrons. The van der Waals surface area contributed by atoms with E-state index in [9.17, 15) is 8.42 Å². The van der Waals surface area contributed by atoms with Crippen molar-refractivity contribution in [2.24, 2.45) is 0 Å². The Bertz CT molecular complexity index is 498. The quantitative estimate of drug-likeness (QED) is 0.606. The van der Waals surface area contributed by atoms with Crippen LogP contribution in [0, 0.1) is 0 Å². The molecule has 0 saturated heterocycles. The van der Waals surface area contributed by atoms with Crippen LogP contribution in [0.1, 0.15) is 13.8 Å². The van der Waals surface area contributed by atoms with Crippen LogP contribution in [0.25, 0.3) is 0 Å². The van der Waals surface area contributed by atoms with Crippen LogP contribution in [0.4, 0.5) is 11.4 Å². The summed E-state index contributed by atoms with van der Waals surface area (Å²) in [5, 5.41) is 3.07. The van der Waals surface area contributed by atoms with Crippen LogP contribution in [0.15, 0.2) is 23.1 Å². The van der Waals surface area contributed by atoms with Gasteiger partial charge in [0.05, 0.1) is 29.0 Å². The van der Waals surface area contributed by atoms with Gasteiger partial charge in [0.25, 0.3) is 0 Å². The predicted octanol–water partition coefficient (Wildman–Crippen LogP) is 1.51. The first-order valence-corrected chi connectivity index (χ1v) is 7.65. The van der Waals surface area contributed by atoms with E-state index < -0.39 is 9.84 Å². The van der Waals surface area contributed by atoms with E-state index in [4.69, 9.17) is 10.5 Å². The van der Waals surface area contributed by atoms with Gasteiger partial charge in [0.15, 0.2) is 9.84 Å². The Morgan fingerprint density at radius 1 is 1.39 bits per heavy atom. The number of sulfone groups is 1. The first-order chi connectivity index (χ1) is 8.32. The van der Waals surface area contributed by atoms with Gasteiger partial charge < -0.3 is 15.8 Å². The standard InChI is InChI=1S/C12H20N2O3S/c1-9(2)17-8-7-14-10-5-4-6-11(12(10)13)18(3,15)16/h4-6,9,14H,7-8,13H2,1-3H3. The molecule has 0 atom stereocenters. The fraction of sp³-hybridized carbons (Fsp3) is 0.500. The fourth-order valence-electron chi connectivity index (χ4n) is 1.50. The van der Waals surface area contributed by atoms with Crippen molar-refractivity contribution in [2.75, 3.05) is 30.5 Å². The Morgan fingerprint density at radius 3 is 2.61 bits per heavy atom. The SMILES string of the molecule is CC(C)OCCNc1cccc(S(C)(=O)=O)c1N. The lowest BCUT2D eigenvalue weighted by molar-refractivity contribution is 0.0870. The van der Waals surface area contributed by atoms with Crippen LogP contribution in [0.3, 0.4) is 0 Å². The molecule has 0 spiro atoms. The number of nitrogens with two attached hydrogens (primary N) is 1. The van der Waals surface area contributed by atoms with Gasteiger partial charge in [0.1, 0.15) is 0 Å². The van der Waals surface area contributed by atoms with Crippen molar-refractivity contribution in [1.29, 1.82) is 0 Å². The average Bonchev–Trinajstić information content (AvgIpc) is 2.24. The molecule has 0 bridgehead atoms. The molecule has 0 saturated carbocycles. The number of para-hydroxylation sites is 1. The molecular weight excluding hydrogens is 252 g/mol. The Kier molecular flexibility index (Phi) is 4.98. The molecule has 0 unspecified atom stereocenters. The summed E-state index contributed by atoms with van der Waals surface area (Å²) >= 11 is 0. The van der Waals surface area contributed by atoms with E-state index in [-0.39, 0.29) is 16.7 Å². The molecule has 0 aromatic heterocycles. The van der Waals surface area contributed by atoms with Gasteiger partial charge in [-0.3, -0.25) is 0 Å². The molecule has 0 aliphatic carbocycles. The highest BCUT2D eigenvalue weighted by atomic mass is 32.2. The smallest absolute Gasteiger partial charge is 0.177 e. The molecule has 1 rings (SSSR count). The third-order valence-corrected chi connectivity index (χ3v) is 3.49. The lowest BCUT2D eigenvalue weighted by atomic mass is 10.2. The molecule has 6 heteroatoms. The molecule has 3 N–H and O–H groups in total. The van der Waals surface area contributed by atoms with Crippen molar-refractivity contribution in [2.45, 2.75) is 24.8 Å². The molecule has 0 aliphatic heterocycles. The molecule has 0 radical (unpaired) electrons. The summed E-state index contributed by atoms with van der Waals surface area (Å²) in [6.45, 7) is 5.03. The van der Waals surface area contributed by atoms with Crippen LogP contribution in [0.5, 0.6) is 0 Å². The van der Waals surface area contributed by atoms with Crippen molar-refractivity contribution in [1.82, 2.24) is 0 Å². The van der Waals surface area contributed by atoms with Crippen LogP contribution in [-0.4, -0.2) is 33.9 Å². The molecule has 1 aromatic rings. The Hall–Kier alpha value is -1.27. The predicted molar refractivity (Wildman–Crippen MR) is 73.5 cm³/mol. The zero-order chi connectivity index (χ0) is 13.8. The summed E-state index contributed by atoms with van der Waals surface area (Å²) in [6, 6.07) is 4.91. The van der Waals surface area contributed by atoms with Gasteiger partial charge in [-0.05, 0) is 26.0 Å². The van der Waals surface area contributed by atoms with Gasteiger partial charge in [-0.25, -0.2) is 8.42 Å². The van der Waals surface area contributed by atoms with Crippen molar-refractivity contribution in [3.63, 3.8) is 0 Å². The van der Waals surface area contributed by atoms with Gasteiger partial charge in [-0.1, -0.05) is 6.07 Å². The fourth-order valence-corrected chi connectivity index (χ4v) is 2.34. The van der Waals surface area contributed by atoms with Crippen molar-refractivity contribution in [3.8, 4) is 0 Å². The second-order valence-electron chi connectivity index (χ2n) is 4.34. The highest BCUT2D eigenvalue weighted by molar-refractivity contribution is 7.90. The summed E-state index contributed by atoms with van der Waals surface area (Å²) in [7, 11) is -3.30. The summed E-state index contributed by atoms with van der Waals surface area (Å²) in [4.78, 5) is 0.150. The lowest BCUT2D eigenvalue weighted by Crippen LogP contribution is -2.14. The first-order valence-electron chi connectivity index (χ1n) is 5.76. The molecule has 0 heterocycles. The van der Waals surface area contributed by atoms with Gasteiger partial charge in [-0.2, -0.15) is 0 Å². The van der Waals surface area contributed by atoms with Gasteiger partial charge >= 0.3 is 0 Å². The first kappa shape index (κ1) is 14.8. The number of ether oxygens (including phenoxy) is 1. The van der Waals surface area contributed by atoms with E-state index in [1.165, 1.54) is 6.07 Å². The van der Waals surface area contributed by atoms with E-state index in [2.05, 4.69) is 5.32 Å². The van der Waals surface area contributed by atoms with Crippen LogP contribution in [0.2, 0.25) is 0 Å². The lowest BCUT2D eigenvalue weighted by Gasteiger charge is -2.13. The number of nitrogen functional groups attached to an aromatic ring is 1. The van der Waals surface area contributed by atoms with E-state index in [0.717, 1.165) is 6.26 Å². The molecular formula is C12H20N2O3S. The van der Waals surface area contributed by atoms with Crippen molar-refractivity contribution < 1.29 is 13.2 Å².